The minimum atomic E-state index is -0.318. The van der Waals surface area contributed by atoms with Crippen molar-refractivity contribution in [2.75, 3.05) is 12.4 Å². The molecule has 5 nitrogen and oxygen atoms in total. The second-order valence-electron chi connectivity index (χ2n) is 3.92. The lowest BCUT2D eigenvalue weighted by molar-refractivity contribution is -0.138. The Kier molecular flexibility index (Phi) is 5.44. The molecule has 1 aromatic heterocycles. The highest BCUT2D eigenvalue weighted by Crippen LogP contribution is 2.07. The fraction of sp³-hybridized carbons (Fsp3) is 0.600. The maximum Gasteiger partial charge on any atom is 0.293 e. The molecule has 0 unspecified atom stereocenters. The monoisotopic (exact) mass is 214 g/mol. The summed E-state index contributed by atoms with van der Waals surface area (Å²) in [6, 6.07) is 0. The van der Waals surface area contributed by atoms with Crippen molar-refractivity contribution in [2.24, 2.45) is 0 Å². The highest BCUT2D eigenvalue weighted by molar-refractivity contribution is 5.39. The maximum atomic E-state index is 9.60. The third kappa shape index (κ3) is 6.54. The van der Waals surface area contributed by atoms with Crippen LogP contribution in [0.2, 0.25) is 0 Å². The zero-order chi connectivity index (χ0) is 11.9. The van der Waals surface area contributed by atoms with E-state index in [2.05, 4.69) is 19.7 Å². The molecule has 0 bridgehead atoms. The van der Waals surface area contributed by atoms with Crippen LogP contribution in [-0.2, 0) is 9.53 Å². The van der Waals surface area contributed by atoms with Crippen LogP contribution in [-0.4, -0.2) is 24.3 Å². The van der Waals surface area contributed by atoms with Gasteiger partial charge in [-0.3, -0.25) is 4.79 Å². The Morgan fingerprint density at radius 1 is 1.53 bits per heavy atom. The average molecular weight is 214 g/mol. The molecule has 0 saturated heterocycles. The Morgan fingerprint density at radius 2 is 2.13 bits per heavy atom. The van der Waals surface area contributed by atoms with E-state index in [1.807, 2.05) is 34.7 Å². The molecule has 15 heavy (non-hydrogen) atoms. The van der Waals surface area contributed by atoms with Crippen LogP contribution in [0.4, 0.5) is 5.82 Å². The Hall–Kier alpha value is -1.52. The molecule has 0 atom stereocenters. The molecule has 0 saturated carbocycles. The van der Waals surface area contributed by atoms with Gasteiger partial charge in [-0.05, 0) is 27.7 Å². The van der Waals surface area contributed by atoms with Crippen LogP contribution >= 0.6 is 0 Å². The number of aromatic nitrogens is 1. The van der Waals surface area contributed by atoms with Gasteiger partial charge in [0.25, 0.3) is 6.47 Å². The smallest absolute Gasteiger partial charge is 0.293 e. The summed E-state index contributed by atoms with van der Waals surface area (Å²) in [5.74, 6) is 0.810. The number of nitrogens with zero attached hydrogens (tertiary/aromatic N) is 1. The van der Waals surface area contributed by atoms with Crippen LogP contribution in [0.15, 0.2) is 10.8 Å². The van der Waals surface area contributed by atoms with Gasteiger partial charge in [0.05, 0.1) is 0 Å². The largest absolute Gasteiger partial charge is 0.462 e. The summed E-state index contributed by atoms with van der Waals surface area (Å²) < 4.78 is 9.17. The summed E-state index contributed by atoms with van der Waals surface area (Å²) in [5.41, 5.74) is 0.717. The van der Waals surface area contributed by atoms with Gasteiger partial charge in [0.2, 0.25) is 0 Å². The van der Waals surface area contributed by atoms with Gasteiger partial charge in [-0.25, -0.2) is 0 Å². The van der Waals surface area contributed by atoms with E-state index in [4.69, 9.17) is 0 Å². The summed E-state index contributed by atoms with van der Waals surface area (Å²) in [7, 11) is 1.81. The van der Waals surface area contributed by atoms with Crippen LogP contribution in [0.1, 0.15) is 26.3 Å². The van der Waals surface area contributed by atoms with E-state index in [1.165, 1.54) is 0 Å². The number of nitrogens with one attached hydrogen (secondary N) is 1. The molecule has 1 N–H and O–H groups in total. The topological polar surface area (TPSA) is 64.4 Å². The van der Waals surface area contributed by atoms with Gasteiger partial charge in [-0.1, -0.05) is 5.16 Å². The first-order valence-electron chi connectivity index (χ1n) is 4.61. The molecule has 0 spiro atoms. The van der Waals surface area contributed by atoms with E-state index in [0.29, 0.717) is 6.47 Å². The summed E-state index contributed by atoms with van der Waals surface area (Å²) >= 11 is 0. The zero-order valence-corrected chi connectivity index (χ0v) is 9.83. The molecule has 1 rings (SSSR count). The molecule has 1 aromatic rings. The van der Waals surface area contributed by atoms with Gasteiger partial charge >= 0.3 is 0 Å². The van der Waals surface area contributed by atoms with Crippen molar-refractivity contribution >= 4 is 12.3 Å². The molecule has 0 aliphatic carbocycles. The van der Waals surface area contributed by atoms with Crippen molar-refractivity contribution in [3.05, 3.63) is 11.8 Å². The van der Waals surface area contributed by atoms with Crippen LogP contribution < -0.4 is 5.32 Å². The summed E-state index contributed by atoms with van der Waals surface area (Å²) in [6.45, 7) is 7.85. The first-order valence-corrected chi connectivity index (χ1v) is 4.61. The van der Waals surface area contributed by atoms with E-state index in [0.717, 1.165) is 11.4 Å². The molecule has 0 aromatic carbocycles. The standard InChI is InChI=1S/C5H8N2O.C5H10O2/c1-4-3-8-7-5(4)6-2;1-5(2,3)7-4-6/h3H,1-2H3,(H,6,7);4H,1-3H3. The molecule has 0 aliphatic heterocycles. The number of anilines is 1. The van der Waals surface area contributed by atoms with E-state index in [9.17, 15) is 4.79 Å². The lowest BCUT2D eigenvalue weighted by Crippen LogP contribution is -2.17. The number of aryl methyl sites for hydroxylation is 1. The normalized spacial score (nSPS) is 9.93. The molecule has 5 heteroatoms. The van der Waals surface area contributed by atoms with E-state index in [-0.39, 0.29) is 5.60 Å². The molecule has 0 radical (unpaired) electrons. The quantitative estimate of drug-likeness (QED) is 0.762. The Morgan fingerprint density at radius 3 is 2.27 bits per heavy atom. The highest BCUT2D eigenvalue weighted by Gasteiger charge is 2.07. The van der Waals surface area contributed by atoms with Gasteiger partial charge in [0.1, 0.15) is 11.9 Å². The summed E-state index contributed by atoms with van der Waals surface area (Å²) in [6.07, 6.45) is 1.60. The lowest BCUT2D eigenvalue weighted by atomic mass is 10.2. The Labute approximate surface area is 89.8 Å². The van der Waals surface area contributed by atoms with Crippen LogP contribution in [0.5, 0.6) is 0 Å². The van der Waals surface area contributed by atoms with Gasteiger partial charge in [-0.2, -0.15) is 0 Å². The third-order valence-electron chi connectivity index (χ3n) is 1.39. The minimum Gasteiger partial charge on any atom is -0.462 e. The summed E-state index contributed by atoms with van der Waals surface area (Å²) in [4.78, 5) is 9.60. The Balaban J connectivity index is 0.000000265. The first kappa shape index (κ1) is 13.5. The van der Waals surface area contributed by atoms with Crippen molar-refractivity contribution < 1.29 is 14.1 Å². The second kappa shape index (κ2) is 6.06. The first-order chi connectivity index (χ1) is 6.90. The fourth-order valence-electron chi connectivity index (χ4n) is 0.673. The SMILES string of the molecule is CC(C)(C)OC=O.CNc1nocc1C. The van der Waals surface area contributed by atoms with Crippen LogP contribution in [0.3, 0.4) is 0 Å². The fourth-order valence-corrected chi connectivity index (χ4v) is 0.673. The average Bonchev–Trinajstić information content (AvgIpc) is 2.49. The molecular formula is C10H18N2O3. The van der Waals surface area contributed by atoms with E-state index >= 15 is 0 Å². The Bertz CT molecular complexity index is 289. The van der Waals surface area contributed by atoms with Crippen molar-refractivity contribution in [1.82, 2.24) is 5.16 Å². The van der Waals surface area contributed by atoms with E-state index < -0.39 is 0 Å². The maximum absolute atomic E-state index is 9.60. The van der Waals surface area contributed by atoms with Crippen molar-refractivity contribution in [1.29, 1.82) is 0 Å². The summed E-state index contributed by atoms with van der Waals surface area (Å²) in [5, 5.41) is 6.52. The number of rotatable bonds is 2. The van der Waals surface area contributed by atoms with Gasteiger partial charge < -0.3 is 14.6 Å². The second-order valence-corrected chi connectivity index (χ2v) is 3.92. The van der Waals surface area contributed by atoms with Gasteiger partial charge in [0.15, 0.2) is 5.82 Å². The molecule has 0 amide bonds. The minimum absolute atomic E-state index is 0.318. The van der Waals surface area contributed by atoms with Crippen LogP contribution in [0.25, 0.3) is 0 Å². The van der Waals surface area contributed by atoms with Crippen molar-refractivity contribution in [2.45, 2.75) is 33.3 Å². The van der Waals surface area contributed by atoms with Gasteiger partial charge in [-0.15, -0.1) is 0 Å². The number of ether oxygens (including phenoxy) is 1. The molecule has 86 valence electrons. The molecule has 0 fully saturated rings. The lowest BCUT2D eigenvalue weighted by Gasteiger charge is -2.14. The van der Waals surface area contributed by atoms with Crippen molar-refractivity contribution in [3.63, 3.8) is 0 Å². The zero-order valence-electron chi connectivity index (χ0n) is 9.83. The number of carbonyl (C=O) groups is 1. The van der Waals surface area contributed by atoms with E-state index in [1.54, 1.807) is 6.26 Å². The molecule has 1 heterocycles. The number of hydrogen-bond donors (Lipinski definition) is 1. The predicted octanol–water partition coefficient (Wildman–Crippen LogP) is 1.98. The third-order valence-corrected chi connectivity index (χ3v) is 1.39. The highest BCUT2D eigenvalue weighted by atomic mass is 16.5. The van der Waals surface area contributed by atoms with Crippen LogP contribution in [0, 0.1) is 6.92 Å². The van der Waals surface area contributed by atoms with Crippen molar-refractivity contribution in [3.8, 4) is 0 Å². The van der Waals surface area contributed by atoms with Gasteiger partial charge in [0, 0.05) is 12.6 Å². The predicted molar refractivity (Wildman–Crippen MR) is 57.7 cm³/mol. The molecule has 0 aliphatic rings. The molecular weight excluding hydrogens is 196 g/mol. The number of carbonyl (C=O) groups excluding carboxylic acids is 1. The number of hydrogen-bond acceptors (Lipinski definition) is 5.